The third kappa shape index (κ3) is 3.76. The van der Waals surface area contributed by atoms with Gasteiger partial charge in [-0.25, -0.2) is 0 Å². The van der Waals surface area contributed by atoms with Gasteiger partial charge in [0, 0.05) is 13.1 Å². The number of rotatable bonds is 4. The van der Waals surface area contributed by atoms with E-state index in [-0.39, 0.29) is 6.10 Å². The lowest BCUT2D eigenvalue weighted by Gasteiger charge is -2.23. The van der Waals surface area contributed by atoms with Crippen molar-refractivity contribution in [1.82, 2.24) is 5.32 Å². The summed E-state index contributed by atoms with van der Waals surface area (Å²) >= 11 is 6.32. The van der Waals surface area contributed by atoms with Gasteiger partial charge >= 0.3 is 0 Å². The molecule has 0 aromatic heterocycles. The number of ether oxygens (including phenoxy) is 2. The van der Waals surface area contributed by atoms with Crippen LogP contribution in [0.4, 0.5) is 0 Å². The first-order chi connectivity index (χ1) is 10.3. The highest BCUT2D eigenvalue weighted by molar-refractivity contribution is 6.32. The van der Waals surface area contributed by atoms with Gasteiger partial charge in [-0.15, -0.1) is 0 Å². The first kappa shape index (κ1) is 14.4. The van der Waals surface area contributed by atoms with E-state index in [0.717, 1.165) is 30.8 Å². The fraction of sp³-hybridized carbons (Fsp3) is 0.294. The van der Waals surface area contributed by atoms with Crippen molar-refractivity contribution in [3.05, 3.63) is 53.6 Å². The van der Waals surface area contributed by atoms with Crippen LogP contribution in [-0.2, 0) is 4.74 Å². The number of hydrogen-bond donors (Lipinski definition) is 1. The topological polar surface area (TPSA) is 30.5 Å². The zero-order valence-corrected chi connectivity index (χ0v) is 12.5. The van der Waals surface area contributed by atoms with Gasteiger partial charge in [0.1, 0.15) is 18.5 Å². The molecule has 21 heavy (non-hydrogen) atoms. The largest absolute Gasteiger partial charge is 0.489 e. The van der Waals surface area contributed by atoms with Crippen LogP contribution in [0.2, 0.25) is 5.02 Å². The molecule has 0 aliphatic carbocycles. The Balaban J connectivity index is 1.67. The zero-order chi connectivity index (χ0) is 14.5. The minimum atomic E-state index is 0.0867. The van der Waals surface area contributed by atoms with Gasteiger partial charge in [0.2, 0.25) is 0 Å². The van der Waals surface area contributed by atoms with E-state index in [4.69, 9.17) is 21.1 Å². The molecule has 1 unspecified atom stereocenters. The molecule has 2 aromatic rings. The molecule has 3 rings (SSSR count). The molecular formula is C17H18ClNO2. The SMILES string of the molecule is Clc1cc(-c2ccccc2)ccc1OCC1CNCCO1. The van der Waals surface area contributed by atoms with Crippen molar-refractivity contribution < 1.29 is 9.47 Å². The average molecular weight is 304 g/mol. The van der Waals surface area contributed by atoms with Gasteiger partial charge in [-0.1, -0.05) is 48.0 Å². The Labute approximate surface area is 129 Å². The molecule has 0 radical (unpaired) electrons. The smallest absolute Gasteiger partial charge is 0.138 e. The standard InChI is InChI=1S/C17H18ClNO2/c18-16-10-14(13-4-2-1-3-5-13)6-7-17(16)21-12-15-11-19-8-9-20-15/h1-7,10,15,19H,8-9,11-12H2. The van der Waals surface area contributed by atoms with Crippen LogP contribution in [0.3, 0.4) is 0 Å². The number of hydrogen-bond acceptors (Lipinski definition) is 3. The maximum Gasteiger partial charge on any atom is 0.138 e. The number of nitrogens with one attached hydrogen (secondary N) is 1. The Morgan fingerprint density at radius 1 is 1.14 bits per heavy atom. The average Bonchev–Trinajstić information content (AvgIpc) is 2.55. The molecule has 1 saturated heterocycles. The third-order valence-corrected chi connectivity index (χ3v) is 3.76. The molecule has 0 bridgehead atoms. The predicted molar refractivity (Wildman–Crippen MR) is 85.0 cm³/mol. The first-order valence-corrected chi connectivity index (χ1v) is 7.51. The van der Waals surface area contributed by atoms with Crippen molar-refractivity contribution in [2.75, 3.05) is 26.3 Å². The fourth-order valence-corrected chi connectivity index (χ4v) is 2.57. The van der Waals surface area contributed by atoms with Crippen molar-refractivity contribution >= 4 is 11.6 Å². The Morgan fingerprint density at radius 2 is 2.00 bits per heavy atom. The fourth-order valence-electron chi connectivity index (χ4n) is 2.34. The molecule has 1 aliphatic heterocycles. The van der Waals surface area contributed by atoms with Crippen LogP contribution in [0.25, 0.3) is 11.1 Å². The van der Waals surface area contributed by atoms with Crippen LogP contribution in [0, 0.1) is 0 Å². The van der Waals surface area contributed by atoms with Gasteiger partial charge in [-0.05, 0) is 23.3 Å². The molecule has 4 heteroatoms. The highest BCUT2D eigenvalue weighted by atomic mass is 35.5. The predicted octanol–water partition coefficient (Wildman–Crippen LogP) is 3.37. The van der Waals surface area contributed by atoms with E-state index in [9.17, 15) is 0 Å². The summed E-state index contributed by atoms with van der Waals surface area (Å²) in [6, 6.07) is 16.0. The molecule has 1 fully saturated rings. The van der Waals surface area contributed by atoms with Crippen LogP contribution in [0.5, 0.6) is 5.75 Å². The van der Waals surface area contributed by atoms with Crippen molar-refractivity contribution in [2.24, 2.45) is 0 Å². The van der Waals surface area contributed by atoms with Gasteiger partial charge in [0.15, 0.2) is 0 Å². The summed E-state index contributed by atoms with van der Waals surface area (Å²) in [6.45, 7) is 2.97. The van der Waals surface area contributed by atoms with E-state index >= 15 is 0 Å². The minimum absolute atomic E-state index is 0.0867. The summed E-state index contributed by atoms with van der Waals surface area (Å²) in [5.41, 5.74) is 2.23. The van der Waals surface area contributed by atoms with Crippen LogP contribution in [0.1, 0.15) is 0 Å². The van der Waals surface area contributed by atoms with E-state index in [1.165, 1.54) is 0 Å². The molecule has 110 valence electrons. The molecule has 1 aliphatic rings. The van der Waals surface area contributed by atoms with Crippen molar-refractivity contribution in [2.45, 2.75) is 6.10 Å². The van der Waals surface area contributed by atoms with Gasteiger partial charge < -0.3 is 14.8 Å². The summed E-state index contributed by atoms with van der Waals surface area (Å²) < 4.78 is 11.4. The Kier molecular flexibility index (Phi) is 4.76. The van der Waals surface area contributed by atoms with Crippen LogP contribution >= 0.6 is 11.6 Å². The second-order valence-electron chi connectivity index (χ2n) is 5.02. The van der Waals surface area contributed by atoms with Crippen molar-refractivity contribution in [1.29, 1.82) is 0 Å². The molecule has 1 atom stereocenters. The molecule has 1 N–H and O–H groups in total. The first-order valence-electron chi connectivity index (χ1n) is 7.13. The zero-order valence-electron chi connectivity index (χ0n) is 11.7. The lowest BCUT2D eigenvalue weighted by Crippen LogP contribution is -2.41. The van der Waals surface area contributed by atoms with Crippen molar-refractivity contribution in [3.8, 4) is 16.9 Å². The van der Waals surface area contributed by atoms with E-state index in [1.54, 1.807) is 0 Å². The number of morpholine rings is 1. The van der Waals surface area contributed by atoms with Crippen LogP contribution < -0.4 is 10.1 Å². The van der Waals surface area contributed by atoms with E-state index < -0.39 is 0 Å². The highest BCUT2D eigenvalue weighted by Gasteiger charge is 2.14. The molecule has 0 spiro atoms. The Morgan fingerprint density at radius 3 is 2.71 bits per heavy atom. The molecule has 0 amide bonds. The second-order valence-corrected chi connectivity index (χ2v) is 5.43. The maximum atomic E-state index is 6.32. The van der Waals surface area contributed by atoms with E-state index in [2.05, 4.69) is 17.4 Å². The monoisotopic (exact) mass is 303 g/mol. The van der Waals surface area contributed by atoms with Crippen LogP contribution in [-0.4, -0.2) is 32.4 Å². The summed E-state index contributed by atoms with van der Waals surface area (Å²) in [5, 5.41) is 3.90. The summed E-state index contributed by atoms with van der Waals surface area (Å²) in [7, 11) is 0. The highest BCUT2D eigenvalue weighted by Crippen LogP contribution is 2.30. The lowest BCUT2D eigenvalue weighted by atomic mass is 10.1. The summed E-state index contributed by atoms with van der Waals surface area (Å²) in [4.78, 5) is 0. The Hall–Kier alpha value is -1.55. The summed E-state index contributed by atoms with van der Waals surface area (Å²) in [5.74, 6) is 0.700. The maximum absolute atomic E-state index is 6.32. The van der Waals surface area contributed by atoms with Gasteiger partial charge in [0.25, 0.3) is 0 Å². The normalized spacial score (nSPS) is 18.4. The molecule has 3 nitrogen and oxygen atoms in total. The van der Waals surface area contributed by atoms with E-state index in [0.29, 0.717) is 17.4 Å². The van der Waals surface area contributed by atoms with Crippen LogP contribution in [0.15, 0.2) is 48.5 Å². The molecule has 0 saturated carbocycles. The molecule has 1 heterocycles. The Bertz CT molecular complexity index is 583. The van der Waals surface area contributed by atoms with Gasteiger partial charge in [-0.2, -0.15) is 0 Å². The second kappa shape index (κ2) is 6.94. The minimum Gasteiger partial charge on any atom is -0.489 e. The molecular weight excluding hydrogens is 286 g/mol. The van der Waals surface area contributed by atoms with Crippen molar-refractivity contribution in [3.63, 3.8) is 0 Å². The third-order valence-electron chi connectivity index (χ3n) is 3.47. The van der Waals surface area contributed by atoms with Gasteiger partial charge in [0.05, 0.1) is 11.6 Å². The summed E-state index contributed by atoms with van der Waals surface area (Å²) in [6.07, 6.45) is 0.0867. The lowest BCUT2D eigenvalue weighted by molar-refractivity contribution is 0.000221. The van der Waals surface area contributed by atoms with E-state index in [1.807, 2.05) is 36.4 Å². The molecule has 2 aromatic carbocycles. The quantitative estimate of drug-likeness (QED) is 0.939. The van der Waals surface area contributed by atoms with Gasteiger partial charge in [-0.3, -0.25) is 0 Å². The number of benzene rings is 2. The number of halogens is 1.